The van der Waals surface area contributed by atoms with Gasteiger partial charge in [0.2, 0.25) is 0 Å². The van der Waals surface area contributed by atoms with Gasteiger partial charge in [0.25, 0.3) is 5.91 Å². The van der Waals surface area contributed by atoms with E-state index in [1.807, 2.05) is 13.0 Å². The molecule has 0 atom stereocenters. The molecule has 0 radical (unpaired) electrons. The van der Waals surface area contributed by atoms with E-state index in [9.17, 15) is 9.90 Å². The summed E-state index contributed by atoms with van der Waals surface area (Å²) in [6.45, 7) is 8.36. The molecule has 22 heavy (non-hydrogen) atoms. The molecule has 0 fully saturated rings. The van der Waals surface area contributed by atoms with E-state index in [0.29, 0.717) is 11.6 Å². The van der Waals surface area contributed by atoms with Crippen molar-refractivity contribution in [2.24, 2.45) is 5.10 Å². The van der Waals surface area contributed by atoms with Gasteiger partial charge < -0.3 is 9.67 Å². The smallest absolute Gasteiger partial charge is 0.271 e. The minimum atomic E-state index is -0.311. The molecule has 0 aliphatic heterocycles. The number of phenolic OH excluding ortho intramolecular Hbond substituents is 1. The standard InChI is InChI=1S/C17H21N3O2/c1-11(2)20-12(3)9-15(13(20)4)10-18-19-17(22)14-5-7-16(21)8-6-14/h5-11,21H,1-4H3,(H,19,22)/b18-10-. The number of carbonyl (C=O) groups is 1. The van der Waals surface area contributed by atoms with Crippen LogP contribution in [0.2, 0.25) is 0 Å². The molecule has 0 aliphatic carbocycles. The summed E-state index contributed by atoms with van der Waals surface area (Å²) in [5.74, 6) is -0.185. The summed E-state index contributed by atoms with van der Waals surface area (Å²) in [6.07, 6.45) is 1.65. The van der Waals surface area contributed by atoms with Crippen LogP contribution in [0.15, 0.2) is 35.4 Å². The summed E-state index contributed by atoms with van der Waals surface area (Å²) in [4.78, 5) is 11.9. The lowest BCUT2D eigenvalue weighted by Crippen LogP contribution is -2.17. The van der Waals surface area contributed by atoms with E-state index < -0.39 is 0 Å². The molecule has 0 saturated carbocycles. The molecule has 1 aromatic heterocycles. The highest BCUT2D eigenvalue weighted by molar-refractivity contribution is 5.95. The molecule has 0 saturated heterocycles. The van der Waals surface area contributed by atoms with E-state index in [-0.39, 0.29) is 11.7 Å². The second kappa shape index (κ2) is 6.47. The molecule has 1 amide bonds. The number of nitrogens with one attached hydrogen (secondary N) is 1. The molecule has 116 valence electrons. The zero-order valence-electron chi connectivity index (χ0n) is 13.3. The first-order chi connectivity index (χ1) is 10.4. The number of aromatic hydroxyl groups is 1. The normalized spacial score (nSPS) is 11.3. The van der Waals surface area contributed by atoms with E-state index >= 15 is 0 Å². The van der Waals surface area contributed by atoms with Gasteiger partial charge in [0.1, 0.15) is 5.75 Å². The van der Waals surface area contributed by atoms with Gasteiger partial charge in [0.15, 0.2) is 0 Å². The monoisotopic (exact) mass is 299 g/mol. The summed E-state index contributed by atoms with van der Waals surface area (Å²) in [6, 6.07) is 8.46. The van der Waals surface area contributed by atoms with Crippen molar-refractivity contribution in [3.63, 3.8) is 0 Å². The first-order valence-electron chi connectivity index (χ1n) is 7.21. The van der Waals surface area contributed by atoms with Crippen LogP contribution in [0.3, 0.4) is 0 Å². The minimum absolute atomic E-state index is 0.126. The Kier molecular flexibility index (Phi) is 4.65. The second-order valence-electron chi connectivity index (χ2n) is 5.54. The zero-order chi connectivity index (χ0) is 16.3. The van der Waals surface area contributed by atoms with Gasteiger partial charge >= 0.3 is 0 Å². The summed E-state index contributed by atoms with van der Waals surface area (Å²) in [5, 5.41) is 13.2. The number of rotatable bonds is 4. The molecule has 0 spiro atoms. The van der Waals surface area contributed by atoms with Gasteiger partial charge in [-0.05, 0) is 58.0 Å². The molecule has 1 aromatic carbocycles. The van der Waals surface area contributed by atoms with Crippen LogP contribution in [0.5, 0.6) is 5.75 Å². The van der Waals surface area contributed by atoms with Crippen LogP contribution in [-0.2, 0) is 0 Å². The van der Waals surface area contributed by atoms with E-state index in [0.717, 1.165) is 11.3 Å². The highest BCUT2D eigenvalue weighted by Gasteiger charge is 2.10. The Bertz CT molecular complexity index is 697. The number of carbonyl (C=O) groups excluding carboxylic acids is 1. The van der Waals surface area contributed by atoms with Gasteiger partial charge in [-0.2, -0.15) is 5.10 Å². The van der Waals surface area contributed by atoms with Crippen LogP contribution in [-0.4, -0.2) is 21.8 Å². The number of phenols is 1. The summed E-state index contributed by atoms with van der Waals surface area (Å²) in [5.41, 5.74) is 6.21. The average Bonchev–Trinajstić information content (AvgIpc) is 2.74. The molecule has 5 heteroatoms. The Hall–Kier alpha value is -2.56. The van der Waals surface area contributed by atoms with Gasteiger partial charge in [-0.25, -0.2) is 5.43 Å². The van der Waals surface area contributed by atoms with Gasteiger partial charge in [0, 0.05) is 28.6 Å². The molecule has 1 heterocycles. The van der Waals surface area contributed by atoms with Gasteiger partial charge in [0.05, 0.1) is 6.21 Å². The number of hydrazone groups is 1. The number of aryl methyl sites for hydroxylation is 1. The number of hydrogen-bond donors (Lipinski definition) is 2. The van der Waals surface area contributed by atoms with Crippen molar-refractivity contribution in [3.05, 3.63) is 52.8 Å². The fourth-order valence-electron chi connectivity index (χ4n) is 2.57. The average molecular weight is 299 g/mol. The maximum absolute atomic E-state index is 11.9. The molecule has 2 aromatic rings. The van der Waals surface area contributed by atoms with Crippen LogP contribution in [0.4, 0.5) is 0 Å². The lowest BCUT2D eigenvalue weighted by molar-refractivity contribution is 0.0955. The third-order valence-corrected chi connectivity index (χ3v) is 3.54. The van der Waals surface area contributed by atoms with Crippen molar-refractivity contribution in [1.82, 2.24) is 9.99 Å². The molecule has 0 aliphatic rings. The van der Waals surface area contributed by atoms with Crippen LogP contribution in [0.25, 0.3) is 0 Å². The summed E-state index contributed by atoms with van der Waals surface area (Å²) < 4.78 is 2.23. The Balaban J connectivity index is 2.08. The van der Waals surface area contributed by atoms with Gasteiger partial charge in [-0.1, -0.05) is 0 Å². The first kappa shape index (κ1) is 15.8. The Morgan fingerprint density at radius 3 is 2.45 bits per heavy atom. The molecule has 2 N–H and O–H groups in total. The predicted molar refractivity (Wildman–Crippen MR) is 87.5 cm³/mol. The fraction of sp³-hybridized carbons (Fsp3) is 0.294. The molecular formula is C17H21N3O2. The van der Waals surface area contributed by atoms with E-state index in [1.54, 1.807) is 18.3 Å². The van der Waals surface area contributed by atoms with E-state index in [4.69, 9.17) is 0 Å². The van der Waals surface area contributed by atoms with E-state index in [1.165, 1.54) is 17.8 Å². The van der Waals surface area contributed by atoms with E-state index in [2.05, 4.69) is 35.9 Å². The number of amides is 1. The number of benzene rings is 1. The number of aromatic nitrogens is 1. The topological polar surface area (TPSA) is 66.6 Å². The molecule has 0 bridgehead atoms. The van der Waals surface area contributed by atoms with Crippen molar-refractivity contribution in [2.45, 2.75) is 33.7 Å². The van der Waals surface area contributed by atoms with Crippen molar-refractivity contribution < 1.29 is 9.90 Å². The van der Waals surface area contributed by atoms with Crippen molar-refractivity contribution in [2.75, 3.05) is 0 Å². The molecule has 0 unspecified atom stereocenters. The number of hydrogen-bond acceptors (Lipinski definition) is 3. The third kappa shape index (κ3) is 3.36. The molecular weight excluding hydrogens is 278 g/mol. The van der Waals surface area contributed by atoms with Crippen LogP contribution in [0, 0.1) is 13.8 Å². The Morgan fingerprint density at radius 1 is 1.27 bits per heavy atom. The van der Waals surface area contributed by atoms with Gasteiger partial charge in [-0.3, -0.25) is 4.79 Å². The zero-order valence-corrected chi connectivity index (χ0v) is 13.3. The van der Waals surface area contributed by atoms with Gasteiger partial charge in [-0.15, -0.1) is 0 Å². The minimum Gasteiger partial charge on any atom is -0.508 e. The summed E-state index contributed by atoms with van der Waals surface area (Å²) in [7, 11) is 0. The predicted octanol–water partition coefficient (Wildman–Crippen LogP) is 3.16. The van der Waals surface area contributed by atoms with Crippen LogP contribution in [0.1, 0.15) is 47.2 Å². The molecule has 5 nitrogen and oxygen atoms in total. The largest absolute Gasteiger partial charge is 0.508 e. The Morgan fingerprint density at radius 2 is 1.91 bits per heavy atom. The SMILES string of the molecule is Cc1cc(/C=N\NC(=O)c2ccc(O)cc2)c(C)n1C(C)C. The van der Waals surface area contributed by atoms with Crippen LogP contribution >= 0.6 is 0 Å². The fourth-order valence-corrected chi connectivity index (χ4v) is 2.57. The maximum Gasteiger partial charge on any atom is 0.271 e. The van der Waals surface area contributed by atoms with Crippen molar-refractivity contribution in [1.29, 1.82) is 0 Å². The second-order valence-corrected chi connectivity index (χ2v) is 5.54. The third-order valence-electron chi connectivity index (χ3n) is 3.54. The lowest BCUT2D eigenvalue weighted by atomic mass is 10.2. The summed E-state index contributed by atoms with van der Waals surface area (Å²) >= 11 is 0. The maximum atomic E-state index is 11.9. The lowest BCUT2D eigenvalue weighted by Gasteiger charge is -2.13. The van der Waals surface area contributed by atoms with Crippen LogP contribution < -0.4 is 5.43 Å². The quantitative estimate of drug-likeness (QED) is 0.672. The van der Waals surface area contributed by atoms with Crippen molar-refractivity contribution >= 4 is 12.1 Å². The first-order valence-corrected chi connectivity index (χ1v) is 7.21. The van der Waals surface area contributed by atoms with Crippen molar-refractivity contribution in [3.8, 4) is 5.75 Å². The highest BCUT2D eigenvalue weighted by Crippen LogP contribution is 2.18. The number of nitrogens with zero attached hydrogens (tertiary/aromatic N) is 2. The highest BCUT2D eigenvalue weighted by atomic mass is 16.3. The molecule has 2 rings (SSSR count). The Labute approximate surface area is 130 Å².